The third-order valence-corrected chi connectivity index (χ3v) is 10.5. The lowest BCUT2D eigenvalue weighted by molar-refractivity contribution is 0.668. The van der Waals surface area contributed by atoms with Gasteiger partial charge in [-0.3, -0.25) is 9.97 Å². The first-order valence-electron chi connectivity index (χ1n) is 18.5. The van der Waals surface area contributed by atoms with Crippen molar-refractivity contribution in [2.24, 2.45) is 0 Å². The van der Waals surface area contributed by atoms with Gasteiger partial charge in [0.15, 0.2) is 5.82 Å². The summed E-state index contributed by atoms with van der Waals surface area (Å²) >= 11 is 0. The highest BCUT2D eigenvalue weighted by atomic mass is 16.3. The second-order valence-electron chi connectivity index (χ2n) is 13.9. The Labute approximate surface area is 321 Å². The molecule has 0 bridgehead atoms. The van der Waals surface area contributed by atoms with Gasteiger partial charge < -0.3 is 8.83 Å². The molecular weight excluding hydrogens is 689 g/mol. The van der Waals surface area contributed by atoms with E-state index in [1.807, 2.05) is 67.0 Å². The van der Waals surface area contributed by atoms with Crippen LogP contribution in [0.1, 0.15) is 0 Å². The summed E-state index contributed by atoms with van der Waals surface area (Å²) in [5.41, 5.74) is 14.1. The Morgan fingerprint density at radius 3 is 1.41 bits per heavy atom. The van der Waals surface area contributed by atoms with Gasteiger partial charge in [-0.15, -0.1) is 0 Å². The van der Waals surface area contributed by atoms with Gasteiger partial charge in [0.05, 0.1) is 11.4 Å². The second kappa shape index (κ2) is 13.0. The first kappa shape index (κ1) is 31.8. The molecule has 0 fully saturated rings. The number of pyridine rings is 2. The maximum Gasteiger partial charge on any atom is 0.161 e. The van der Waals surface area contributed by atoms with Crippen molar-refractivity contribution in [3.63, 3.8) is 0 Å². The van der Waals surface area contributed by atoms with Crippen LogP contribution in [0.5, 0.6) is 0 Å². The van der Waals surface area contributed by atoms with Crippen molar-refractivity contribution in [2.75, 3.05) is 0 Å². The van der Waals surface area contributed by atoms with Crippen LogP contribution in [0, 0.1) is 0 Å². The molecule has 262 valence electrons. The van der Waals surface area contributed by atoms with E-state index in [4.69, 9.17) is 18.8 Å². The Hall–Kier alpha value is -7.70. The molecule has 0 saturated heterocycles. The molecule has 0 saturated carbocycles. The minimum Gasteiger partial charge on any atom is -0.456 e. The molecule has 0 aliphatic carbocycles. The van der Waals surface area contributed by atoms with Crippen molar-refractivity contribution in [3.05, 3.63) is 183 Å². The van der Waals surface area contributed by atoms with E-state index < -0.39 is 0 Å². The number of para-hydroxylation sites is 2. The monoisotopic (exact) mass is 718 g/mol. The summed E-state index contributed by atoms with van der Waals surface area (Å²) in [6, 6.07) is 54.2. The number of hydrogen-bond acceptors (Lipinski definition) is 6. The second-order valence-corrected chi connectivity index (χ2v) is 13.9. The van der Waals surface area contributed by atoms with E-state index in [0.717, 1.165) is 105 Å². The van der Waals surface area contributed by atoms with Crippen molar-refractivity contribution >= 4 is 43.9 Å². The van der Waals surface area contributed by atoms with Crippen molar-refractivity contribution in [1.29, 1.82) is 0 Å². The smallest absolute Gasteiger partial charge is 0.161 e. The lowest BCUT2D eigenvalue weighted by Crippen LogP contribution is -1.98. The van der Waals surface area contributed by atoms with E-state index in [-0.39, 0.29) is 0 Å². The molecule has 0 aliphatic rings. The van der Waals surface area contributed by atoms with Gasteiger partial charge in [-0.25, -0.2) is 9.97 Å². The molecule has 0 radical (unpaired) electrons. The van der Waals surface area contributed by atoms with Gasteiger partial charge in [-0.1, -0.05) is 78.9 Å². The van der Waals surface area contributed by atoms with E-state index in [9.17, 15) is 0 Å². The Balaban J connectivity index is 1.15. The predicted molar refractivity (Wildman–Crippen MR) is 225 cm³/mol. The Kier molecular flexibility index (Phi) is 7.38. The molecule has 11 aromatic rings. The van der Waals surface area contributed by atoms with E-state index in [1.165, 1.54) is 0 Å². The molecule has 5 heterocycles. The van der Waals surface area contributed by atoms with E-state index >= 15 is 0 Å². The first-order chi connectivity index (χ1) is 27.7. The fourth-order valence-corrected chi connectivity index (χ4v) is 7.75. The van der Waals surface area contributed by atoms with Gasteiger partial charge in [-0.2, -0.15) is 0 Å². The van der Waals surface area contributed by atoms with Crippen molar-refractivity contribution in [3.8, 4) is 67.3 Å². The largest absolute Gasteiger partial charge is 0.456 e. The molecule has 0 unspecified atom stereocenters. The quantitative estimate of drug-likeness (QED) is 0.170. The minimum atomic E-state index is 0.616. The molecule has 5 aromatic heterocycles. The van der Waals surface area contributed by atoms with Crippen molar-refractivity contribution in [2.45, 2.75) is 0 Å². The van der Waals surface area contributed by atoms with Crippen LogP contribution in [0.3, 0.4) is 0 Å². The van der Waals surface area contributed by atoms with Crippen LogP contribution in [0.2, 0.25) is 0 Å². The van der Waals surface area contributed by atoms with Crippen LogP contribution in [0.25, 0.3) is 111 Å². The third kappa shape index (κ3) is 5.51. The normalized spacial score (nSPS) is 11.6. The van der Waals surface area contributed by atoms with Gasteiger partial charge in [0.1, 0.15) is 22.3 Å². The zero-order chi connectivity index (χ0) is 37.0. The zero-order valence-electron chi connectivity index (χ0n) is 29.9. The predicted octanol–water partition coefficient (Wildman–Crippen LogP) is 13.1. The van der Waals surface area contributed by atoms with E-state index in [0.29, 0.717) is 5.82 Å². The summed E-state index contributed by atoms with van der Waals surface area (Å²) in [6.45, 7) is 0. The SMILES string of the molecule is c1cncc(-c2cc(-c3cc(-c4ccc5oc6ccccc6c5c4)cc(-c4ccc5oc6ccccc6c5c4)c3)nc(-c3ccccc3-c3cccnc3)n2)c1. The lowest BCUT2D eigenvalue weighted by Gasteiger charge is -2.14. The number of aromatic nitrogens is 4. The number of hydrogen-bond donors (Lipinski definition) is 0. The Morgan fingerprint density at radius 2 is 0.821 bits per heavy atom. The molecule has 56 heavy (non-hydrogen) atoms. The van der Waals surface area contributed by atoms with E-state index in [1.54, 1.807) is 12.4 Å². The number of nitrogens with zero attached hydrogens (tertiary/aromatic N) is 4. The van der Waals surface area contributed by atoms with Crippen LogP contribution >= 0.6 is 0 Å². The van der Waals surface area contributed by atoms with Gasteiger partial charge >= 0.3 is 0 Å². The average Bonchev–Trinajstić information content (AvgIpc) is 3.84. The maximum atomic E-state index is 6.21. The third-order valence-electron chi connectivity index (χ3n) is 10.5. The standard InChI is InChI=1S/C50H30N4O2/c1-2-14-41(38(11-1)33-9-7-21-51-29-33)50-53-44(34-10-8-22-52-30-34)28-45(54-50)37-24-35(31-17-19-48-42(26-31)39-12-3-5-15-46(39)55-48)23-36(25-37)32-18-20-49-43(27-32)40-13-4-6-16-47(40)56-49/h1-30H. The number of furan rings is 2. The summed E-state index contributed by atoms with van der Waals surface area (Å²) in [6.07, 6.45) is 7.29. The molecule has 0 N–H and O–H groups in total. The van der Waals surface area contributed by atoms with Gasteiger partial charge in [0, 0.05) is 68.6 Å². The average molecular weight is 719 g/mol. The highest BCUT2D eigenvalue weighted by molar-refractivity contribution is 6.07. The first-order valence-corrected chi connectivity index (χ1v) is 18.5. The Morgan fingerprint density at radius 1 is 0.321 bits per heavy atom. The molecule has 6 heteroatoms. The van der Waals surface area contributed by atoms with Crippen LogP contribution in [-0.2, 0) is 0 Å². The molecular formula is C50H30N4O2. The maximum absolute atomic E-state index is 6.21. The molecule has 0 aliphatic heterocycles. The van der Waals surface area contributed by atoms with Crippen LogP contribution in [0.4, 0.5) is 0 Å². The van der Waals surface area contributed by atoms with Crippen molar-refractivity contribution < 1.29 is 8.83 Å². The molecule has 0 amide bonds. The summed E-state index contributed by atoms with van der Waals surface area (Å²) in [5, 5.41) is 4.33. The number of rotatable bonds is 6. The number of fused-ring (bicyclic) bond motifs is 6. The van der Waals surface area contributed by atoms with E-state index in [2.05, 4.69) is 113 Å². The van der Waals surface area contributed by atoms with Crippen LogP contribution < -0.4 is 0 Å². The zero-order valence-corrected chi connectivity index (χ0v) is 29.9. The summed E-state index contributed by atoms with van der Waals surface area (Å²) in [4.78, 5) is 19.4. The molecule has 6 nitrogen and oxygen atoms in total. The van der Waals surface area contributed by atoms with Crippen molar-refractivity contribution in [1.82, 2.24) is 19.9 Å². The summed E-state index contributed by atoms with van der Waals surface area (Å²) in [7, 11) is 0. The van der Waals surface area contributed by atoms with Crippen LogP contribution in [-0.4, -0.2) is 19.9 Å². The van der Waals surface area contributed by atoms with Gasteiger partial charge in [0.2, 0.25) is 0 Å². The van der Waals surface area contributed by atoms with Crippen LogP contribution in [0.15, 0.2) is 191 Å². The molecule has 0 spiro atoms. The Bertz CT molecular complexity index is 3130. The minimum absolute atomic E-state index is 0.616. The topological polar surface area (TPSA) is 77.8 Å². The van der Waals surface area contributed by atoms with Gasteiger partial charge in [0.25, 0.3) is 0 Å². The highest BCUT2D eigenvalue weighted by Crippen LogP contribution is 2.40. The molecule has 11 rings (SSSR count). The fourth-order valence-electron chi connectivity index (χ4n) is 7.75. The van der Waals surface area contributed by atoms with Gasteiger partial charge in [-0.05, 0) is 107 Å². The molecule has 0 atom stereocenters. The summed E-state index contributed by atoms with van der Waals surface area (Å²) in [5.74, 6) is 0.616. The fraction of sp³-hybridized carbons (Fsp3) is 0. The molecule has 6 aromatic carbocycles. The lowest BCUT2D eigenvalue weighted by atomic mass is 9.93. The highest BCUT2D eigenvalue weighted by Gasteiger charge is 2.18. The number of benzene rings is 6. The summed E-state index contributed by atoms with van der Waals surface area (Å²) < 4.78 is 12.4.